The van der Waals surface area contributed by atoms with Crippen LogP contribution in [0.25, 0.3) is 11.1 Å². The average Bonchev–Trinajstić information content (AvgIpc) is 3.37. The van der Waals surface area contributed by atoms with Gasteiger partial charge < -0.3 is 14.8 Å². The SMILES string of the molecule is CCOC(=O)C(C)(COC)C[C@@H](Cc1ccc(-c2cc(Cl)ccc2F)cc1)NC(=O)c1c[nH]nn1. The molecule has 2 N–H and O–H groups in total. The third-order valence-electron chi connectivity index (χ3n) is 5.59. The monoisotopic (exact) mass is 502 g/mol. The highest BCUT2D eigenvalue weighted by molar-refractivity contribution is 6.30. The molecule has 8 nitrogen and oxygen atoms in total. The molecule has 0 fully saturated rings. The number of nitrogens with zero attached hydrogens (tertiary/aromatic N) is 2. The molecule has 35 heavy (non-hydrogen) atoms. The van der Waals surface area contributed by atoms with Crippen LogP contribution in [0.2, 0.25) is 5.02 Å². The van der Waals surface area contributed by atoms with Crippen molar-refractivity contribution in [1.29, 1.82) is 0 Å². The molecule has 0 aliphatic heterocycles. The number of amides is 1. The van der Waals surface area contributed by atoms with Crippen LogP contribution in [0, 0.1) is 11.2 Å². The number of esters is 1. The predicted octanol–water partition coefficient (Wildman–Crippen LogP) is 4.21. The second-order valence-electron chi connectivity index (χ2n) is 8.47. The molecule has 0 radical (unpaired) electrons. The number of hydrogen-bond donors (Lipinski definition) is 2. The summed E-state index contributed by atoms with van der Waals surface area (Å²) in [4.78, 5) is 25.4. The Morgan fingerprint density at radius 1 is 1.23 bits per heavy atom. The number of benzene rings is 2. The Hall–Kier alpha value is -3.30. The second-order valence-corrected chi connectivity index (χ2v) is 8.91. The van der Waals surface area contributed by atoms with E-state index in [1.165, 1.54) is 25.4 Å². The molecule has 0 saturated heterocycles. The van der Waals surface area contributed by atoms with Gasteiger partial charge in [-0.05, 0) is 56.0 Å². The van der Waals surface area contributed by atoms with E-state index in [0.717, 1.165) is 5.56 Å². The van der Waals surface area contributed by atoms with Gasteiger partial charge in [-0.25, -0.2) is 4.39 Å². The molecule has 186 valence electrons. The molecule has 0 aliphatic carbocycles. The van der Waals surface area contributed by atoms with Crippen LogP contribution in [0.1, 0.15) is 36.3 Å². The van der Waals surface area contributed by atoms with E-state index in [0.29, 0.717) is 22.6 Å². The molecule has 0 aliphatic rings. The van der Waals surface area contributed by atoms with Crippen molar-refractivity contribution >= 4 is 23.5 Å². The molecule has 1 heterocycles. The lowest BCUT2D eigenvalue weighted by molar-refractivity contribution is -0.158. The molecular weight excluding hydrogens is 475 g/mol. The Bertz CT molecular complexity index is 1140. The van der Waals surface area contributed by atoms with Gasteiger partial charge in [-0.15, -0.1) is 5.10 Å². The summed E-state index contributed by atoms with van der Waals surface area (Å²) in [5.41, 5.74) is 1.09. The number of methoxy groups -OCH3 is 1. The van der Waals surface area contributed by atoms with Crippen LogP contribution in [-0.2, 0) is 20.7 Å². The summed E-state index contributed by atoms with van der Waals surface area (Å²) < 4.78 is 24.8. The maximum absolute atomic E-state index is 14.3. The number of nitrogens with one attached hydrogen (secondary N) is 2. The summed E-state index contributed by atoms with van der Waals surface area (Å²) in [5.74, 6) is -1.20. The molecule has 2 atom stereocenters. The Morgan fingerprint density at radius 2 is 1.97 bits per heavy atom. The molecular formula is C25H28ClFN4O4. The van der Waals surface area contributed by atoms with E-state index in [4.69, 9.17) is 21.1 Å². The summed E-state index contributed by atoms with van der Waals surface area (Å²) in [6, 6.07) is 11.2. The first-order valence-corrected chi connectivity index (χ1v) is 11.5. The number of carbonyl (C=O) groups is 2. The van der Waals surface area contributed by atoms with Gasteiger partial charge in [0, 0.05) is 23.7 Å². The molecule has 0 spiro atoms. The van der Waals surface area contributed by atoms with E-state index in [2.05, 4.69) is 20.7 Å². The molecule has 10 heteroatoms. The van der Waals surface area contributed by atoms with Crippen molar-refractivity contribution in [2.24, 2.45) is 5.41 Å². The molecule has 3 aromatic rings. The van der Waals surface area contributed by atoms with Gasteiger partial charge in [0.15, 0.2) is 5.69 Å². The van der Waals surface area contributed by atoms with E-state index >= 15 is 0 Å². The van der Waals surface area contributed by atoms with Crippen LogP contribution in [0.5, 0.6) is 0 Å². The number of aromatic amines is 1. The lowest BCUT2D eigenvalue weighted by Gasteiger charge is -2.31. The van der Waals surface area contributed by atoms with Gasteiger partial charge in [0.1, 0.15) is 5.82 Å². The van der Waals surface area contributed by atoms with Crippen molar-refractivity contribution in [3.8, 4) is 11.1 Å². The largest absolute Gasteiger partial charge is 0.466 e. The standard InChI is InChI=1S/C25H28ClFN4O4/c1-4-35-24(33)25(2,15-34-3)13-19(29-23(32)22-14-28-31-30-22)11-16-5-7-17(8-6-16)20-12-18(26)9-10-21(20)27/h5-10,12,14,19H,4,11,13,15H2,1-3H3,(H,29,32)(H,28,30,31)/t19-,25?/m1/s1. The molecule has 1 aromatic heterocycles. The van der Waals surface area contributed by atoms with Crippen molar-refractivity contribution in [3.05, 3.63) is 70.8 Å². The zero-order chi connectivity index (χ0) is 25.4. The van der Waals surface area contributed by atoms with Gasteiger partial charge >= 0.3 is 5.97 Å². The Kier molecular flexibility index (Phi) is 8.95. The van der Waals surface area contributed by atoms with E-state index in [9.17, 15) is 14.0 Å². The molecule has 3 rings (SSSR count). The third-order valence-corrected chi connectivity index (χ3v) is 5.82. The van der Waals surface area contributed by atoms with E-state index in [1.807, 2.05) is 12.1 Å². The topological polar surface area (TPSA) is 106 Å². The normalized spacial score (nSPS) is 13.6. The van der Waals surface area contributed by atoms with Gasteiger partial charge in [0.2, 0.25) is 0 Å². The van der Waals surface area contributed by atoms with E-state index in [1.54, 1.807) is 32.0 Å². The number of carbonyl (C=O) groups excluding carboxylic acids is 2. The fourth-order valence-electron chi connectivity index (χ4n) is 3.94. The highest BCUT2D eigenvalue weighted by Gasteiger charge is 2.38. The fourth-order valence-corrected chi connectivity index (χ4v) is 4.11. The lowest BCUT2D eigenvalue weighted by Crippen LogP contribution is -2.45. The van der Waals surface area contributed by atoms with Crippen LogP contribution in [-0.4, -0.2) is 53.7 Å². The van der Waals surface area contributed by atoms with Gasteiger partial charge in [-0.1, -0.05) is 41.1 Å². The molecule has 2 aromatic carbocycles. The lowest BCUT2D eigenvalue weighted by atomic mass is 9.82. The smallest absolute Gasteiger partial charge is 0.314 e. The van der Waals surface area contributed by atoms with Crippen LogP contribution in [0.15, 0.2) is 48.7 Å². The summed E-state index contributed by atoms with van der Waals surface area (Å²) in [7, 11) is 1.51. The van der Waals surface area contributed by atoms with Crippen molar-refractivity contribution in [2.45, 2.75) is 32.7 Å². The van der Waals surface area contributed by atoms with Crippen LogP contribution in [0.3, 0.4) is 0 Å². The number of rotatable bonds is 11. The minimum atomic E-state index is -0.990. The number of H-pyrrole nitrogens is 1. The first kappa shape index (κ1) is 26.3. The second kappa shape index (κ2) is 11.9. The fraction of sp³-hybridized carbons (Fsp3) is 0.360. The minimum absolute atomic E-state index is 0.120. The van der Waals surface area contributed by atoms with Crippen molar-refractivity contribution in [2.75, 3.05) is 20.3 Å². The number of hydrogen-bond acceptors (Lipinski definition) is 6. The number of aromatic nitrogens is 3. The Balaban J connectivity index is 1.85. The van der Waals surface area contributed by atoms with Crippen LogP contribution >= 0.6 is 11.6 Å². The van der Waals surface area contributed by atoms with Crippen molar-refractivity contribution < 1.29 is 23.5 Å². The summed E-state index contributed by atoms with van der Waals surface area (Å²) in [5, 5.41) is 13.2. The predicted molar refractivity (Wildman–Crippen MR) is 129 cm³/mol. The Labute approximate surface area is 208 Å². The molecule has 1 amide bonds. The zero-order valence-electron chi connectivity index (χ0n) is 19.8. The average molecular weight is 503 g/mol. The number of halogens is 2. The highest BCUT2D eigenvalue weighted by Crippen LogP contribution is 2.29. The summed E-state index contributed by atoms with van der Waals surface area (Å²) >= 11 is 6.03. The first-order chi connectivity index (χ1) is 16.8. The molecule has 0 saturated carbocycles. The van der Waals surface area contributed by atoms with E-state index < -0.39 is 23.3 Å². The maximum Gasteiger partial charge on any atom is 0.314 e. The van der Waals surface area contributed by atoms with E-state index in [-0.39, 0.29) is 31.1 Å². The van der Waals surface area contributed by atoms with Crippen LogP contribution < -0.4 is 5.32 Å². The van der Waals surface area contributed by atoms with Gasteiger partial charge in [-0.3, -0.25) is 14.7 Å². The van der Waals surface area contributed by atoms with Gasteiger partial charge in [-0.2, -0.15) is 0 Å². The maximum atomic E-state index is 14.3. The van der Waals surface area contributed by atoms with Gasteiger partial charge in [0.25, 0.3) is 5.91 Å². The third kappa shape index (κ3) is 6.86. The van der Waals surface area contributed by atoms with Crippen molar-refractivity contribution in [1.82, 2.24) is 20.7 Å². The van der Waals surface area contributed by atoms with Crippen molar-refractivity contribution in [3.63, 3.8) is 0 Å². The van der Waals surface area contributed by atoms with Crippen LogP contribution in [0.4, 0.5) is 4.39 Å². The van der Waals surface area contributed by atoms with Gasteiger partial charge in [0.05, 0.1) is 24.8 Å². The zero-order valence-corrected chi connectivity index (χ0v) is 20.6. The summed E-state index contributed by atoms with van der Waals surface area (Å²) in [6.45, 7) is 3.83. The number of ether oxygens (including phenoxy) is 2. The summed E-state index contributed by atoms with van der Waals surface area (Å²) in [6.07, 6.45) is 2.05. The molecule has 1 unspecified atom stereocenters. The quantitative estimate of drug-likeness (QED) is 0.380. The molecule has 0 bridgehead atoms. The highest BCUT2D eigenvalue weighted by atomic mass is 35.5. The minimum Gasteiger partial charge on any atom is -0.466 e. The first-order valence-electron chi connectivity index (χ1n) is 11.1. The Morgan fingerprint density at radius 3 is 2.60 bits per heavy atom.